The van der Waals surface area contributed by atoms with Gasteiger partial charge in [0.25, 0.3) is 12.0 Å². The summed E-state index contributed by atoms with van der Waals surface area (Å²) < 4.78 is 25.0. The highest BCUT2D eigenvalue weighted by atomic mass is 19.3. The lowest BCUT2D eigenvalue weighted by Crippen LogP contribution is -2.19. The third-order valence-electron chi connectivity index (χ3n) is 2.01. The lowest BCUT2D eigenvalue weighted by molar-refractivity contribution is -0.136. The van der Waals surface area contributed by atoms with E-state index in [-0.39, 0.29) is 5.56 Å². The number of carboxylic acids is 1. The van der Waals surface area contributed by atoms with Gasteiger partial charge in [-0.3, -0.25) is 9.59 Å². The number of nitrogens with one attached hydrogen (secondary N) is 1. The first-order valence-corrected chi connectivity index (χ1v) is 4.14. The number of carbonyl (C=O) groups is 1. The zero-order chi connectivity index (χ0) is 11.6. The highest BCUT2D eigenvalue weighted by Crippen LogP contribution is 2.21. The standard InChI is InChI=1S/C9H9F2NO3/c1-4-3-12-9(15)7(8(10)11)5(4)2-6(13)14/h3,8H,2H2,1H3,(H,12,15)(H,13,14). The van der Waals surface area contributed by atoms with Crippen molar-refractivity contribution in [3.63, 3.8) is 0 Å². The highest BCUT2D eigenvalue weighted by molar-refractivity contribution is 5.71. The average molecular weight is 217 g/mol. The minimum absolute atomic E-state index is 0.110. The van der Waals surface area contributed by atoms with Crippen molar-refractivity contribution in [3.8, 4) is 0 Å². The van der Waals surface area contributed by atoms with Crippen LogP contribution in [-0.4, -0.2) is 16.1 Å². The van der Waals surface area contributed by atoms with Crippen LogP contribution >= 0.6 is 0 Å². The molecule has 0 aliphatic carbocycles. The SMILES string of the molecule is Cc1c[nH]c(=O)c(C(F)F)c1CC(=O)O. The molecule has 0 radical (unpaired) electrons. The fourth-order valence-electron chi connectivity index (χ4n) is 1.30. The van der Waals surface area contributed by atoms with E-state index < -0.39 is 29.9 Å². The van der Waals surface area contributed by atoms with E-state index in [0.717, 1.165) is 0 Å². The van der Waals surface area contributed by atoms with E-state index >= 15 is 0 Å². The van der Waals surface area contributed by atoms with Crippen LogP contribution in [0.2, 0.25) is 0 Å². The number of aryl methyl sites for hydroxylation is 1. The first kappa shape index (κ1) is 11.4. The number of hydrogen-bond acceptors (Lipinski definition) is 2. The normalized spacial score (nSPS) is 10.7. The Balaban J connectivity index is 3.38. The third-order valence-corrected chi connectivity index (χ3v) is 2.01. The van der Waals surface area contributed by atoms with Crippen LogP contribution < -0.4 is 5.56 Å². The molecule has 0 saturated carbocycles. The predicted molar refractivity (Wildman–Crippen MR) is 48.1 cm³/mol. The summed E-state index contributed by atoms with van der Waals surface area (Å²) in [6.45, 7) is 1.47. The van der Waals surface area contributed by atoms with Crippen LogP contribution in [0.5, 0.6) is 0 Å². The van der Waals surface area contributed by atoms with Gasteiger partial charge in [0.1, 0.15) is 0 Å². The summed E-state index contributed by atoms with van der Waals surface area (Å²) in [5.41, 5.74) is -1.46. The van der Waals surface area contributed by atoms with Gasteiger partial charge in [-0.25, -0.2) is 8.78 Å². The van der Waals surface area contributed by atoms with Crippen LogP contribution in [0.15, 0.2) is 11.0 Å². The average Bonchev–Trinajstić information content (AvgIpc) is 2.10. The van der Waals surface area contributed by atoms with E-state index in [1.165, 1.54) is 13.1 Å². The van der Waals surface area contributed by atoms with Crippen molar-refractivity contribution >= 4 is 5.97 Å². The summed E-state index contributed by atoms with van der Waals surface area (Å²) in [6.07, 6.45) is -2.31. The molecule has 4 nitrogen and oxygen atoms in total. The van der Waals surface area contributed by atoms with Gasteiger partial charge in [-0.2, -0.15) is 0 Å². The van der Waals surface area contributed by atoms with Crippen molar-refractivity contribution in [2.24, 2.45) is 0 Å². The molecule has 0 aliphatic rings. The van der Waals surface area contributed by atoms with E-state index in [1.54, 1.807) is 0 Å². The first-order valence-electron chi connectivity index (χ1n) is 4.14. The summed E-state index contributed by atoms with van der Waals surface area (Å²) in [5.74, 6) is -1.24. The number of rotatable bonds is 3. The molecule has 0 aliphatic heterocycles. The summed E-state index contributed by atoms with van der Waals surface area (Å²) in [5, 5.41) is 8.53. The molecule has 0 atom stereocenters. The van der Waals surface area contributed by atoms with E-state index in [1.807, 2.05) is 0 Å². The molecule has 1 aromatic rings. The minimum atomic E-state index is -2.97. The van der Waals surface area contributed by atoms with Crippen molar-refractivity contribution in [2.75, 3.05) is 0 Å². The van der Waals surface area contributed by atoms with Gasteiger partial charge in [-0.05, 0) is 18.1 Å². The summed E-state index contributed by atoms with van der Waals surface area (Å²) in [7, 11) is 0. The Morgan fingerprint density at radius 2 is 2.20 bits per heavy atom. The Bertz CT molecular complexity index is 439. The van der Waals surface area contributed by atoms with Gasteiger partial charge in [-0.1, -0.05) is 0 Å². The fourth-order valence-corrected chi connectivity index (χ4v) is 1.30. The summed E-state index contributed by atoms with van der Waals surface area (Å²) in [4.78, 5) is 23.7. The Kier molecular flexibility index (Phi) is 3.18. The molecular formula is C9H9F2NO3. The zero-order valence-electron chi connectivity index (χ0n) is 7.88. The molecule has 15 heavy (non-hydrogen) atoms. The maximum Gasteiger partial charge on any atom is 0.307 e. The maximum atomic E-state index is 12.5. The van der Waals surface area contributed by atoms with Crippen LogP contribution in [0.25, 0.3) is 0 Å². The molecule has 6 heteroatoms. The smallest absolute Gasteiger partial charge is 0.307 e. The van der Waals surface area contributed by atoms with Gasteiger partial charge >= 0.3 is 5.97 Å². The second kappa shape index (κ2) is 4.20. The van der Waals surface area contributed by atoms with Crippen molar-refractivity contribution < 1.29 is 18.7 Å². The maximum absolute atomic E-state index is 12.5. The number of aliphatic carboxylic acids is 1. The van der Waals surface area contributed by atoms with Gasteiger partial charge < -0.3 is 10.1 Å². The quantitative estimate of drug-likeness (QED) is 0.800. The van der Waals surface area contributed by atoms with Crippen LogP contribution in [0.1, 0.15) is 23.1 Å². The van der Waals surface area contributed by atoms with Gasteiger partial charge in [0.2, 0.25) is 0 Å². The molecule has 0 unspecified atom stereocenters. The van der Waals surface area contributed by atoms with Crippen LogP contribution in [0, 0.1) is 6.92 Å². The first-order chi connectivity index (χ1) is 6.93. The molecule has 2 N–H and O–H groups in total. The number of halogens is 2. The lowest BCUT2D eigenvalue weighted by atomic mass is 10.0. The van der Waals surface area contributed by atoms with E-state index in [2.05, 4.69) is 4.98 Å². The number of hydrogen-bond donors (Lipinski definition) is 2. The second-order valence-corrected chi connectivity index (χ2v) is 3.06. The number of aromatic amines is 1. The number of carboxylic acid groups (broad SMARTS) is 1. The van der Waals surface area contributed by atoms with Crippen LogP contribution in [0.4, 0.5) is 8.78 Å². The molecule has 0 amide bonds. The minimum Gasteiger partial charge on any atom is -0.481 e. The Morgan fingerprint density at radius 1 is 1.60 bits per heavy atom. The number of pyridine rings is 1. The highest BCUT2D eigenvalue weighted by Gasteiger charge is 2.20. The van der Waals surface area contributed by atoms with E-state index in [0.29, 0.717) is 5.56 Å². The molecule has 0 saturated heterocycles. The van der Waals surface area contributed by atoms with Crippen LogP contribution in [-0.2, 0) is 11.2 Å². The number of alkyl halides is 2. The van der Waals surface area contributed by atoms with Crippen molar-refractivity contribution in [3.05, 3.63) is 33.2 Å². The van der Waals surface area contributed by atoms with Crippen molar-refractivity contribution in [1.29, 1.82) is 0 Å². The summed E-state index contributed by atoms with van der Waals surface area (Å²) >= 11 is 0. The molecule has 82 valence electrons. The Labute approximate surface area is 83.6 Å². The van der Waals surface area contributed by atoms with Crippen molar-refractivity contribution in [2.45, 2.75) is 19.8 Å². The molecule has 1 rings (SSSR count). The fraction of sp³-hybridized carbons (Fsp3) is 0.333. The van der Waals surface area contributed by atoms with Gasteiger partial charge in [0.05, 0.1) is 12.0 Å². The molecule has 1 heterocycles. The number of H-pyrrole nitrogens is 1. The monoisotopic (exact) mass is 217 g/mol. The van der Waals surface area contributed by atoms with Gasteiger partial charge in [0.15, 0.2) is 0 Å². The molecular weight excluding hydrogens is 208 g/mol. The Hall–Kier alpha value is -1.72. The van der Waals surface area contributed by atoms with E-state index in [9.17, 15) is 18.4 Å². The van der Waals surface area contributed by atoms with Gasteiger partial charge in [-0.15, -0.1) is 0 Å². The van der Waals surface area contributed by atoms with Crippen LogP contribution in [0.3, 0.4) is 0 Å². The molecule has 0 fully saturated rings. The third kappa shape index (κ3) is 2.39. The second-order valence-electron chi connectivity index (χ2n) is 3.06. The van der Waals surface area contributed by atoms with E-state index in [4.69, 9.17) is 5.11 Å². The van der Waals surface area contributed by atoms with Gasteiger partial charge in [0, 0.05) is 6.20 Å². The number of aromatic nitrogens is 1. The topological polar surface area (TPSA) is 70.2 Å². The molecule has 1 aromatic heterocycles. The molecule has 0 aromatic carbocycles. The van der Waals surface area contributed by atoms with Crippen molar-refractivity contribution in [1.82, 2.24) is 4.98 Å². The predicted octanol–water partition coefficient (Wildman–Crippen LogP) is 1.25. The molecule has 0 bridgehead atoms. The Morgan fingerprint density at radius 3 is 2.67 bits per heavy atom. The lowest BCUT2D eigenvalue weighted by Gasteiger charge is -2.08. The summed E-state index contributed by atoms with van der Waals surface area (Å²) in [6, 6.07) is 0. The zero-order valence-corrected chi connectivity index (χ0v) is 7.88. The largest absolute Gasteiger partial charge is 0.481 e. The molecule has 0 spiro atoms.